The third-order valence-electron chi connectivity index (χ3n) is 6.47. The largest absolute Gasteiger partial charge is 0.481 e. The Morgan fingerprint density at radius 2 is 1.90 bits per heavy atom. The normalized spacial score (nSPS) is 23.9. The number of allylic oxidation sites excluding steroid dienone is 3. The number of carbonyl (C=O) groups excluding carboxylic acids is 1. The average Bonchev–Trinajstić information content (AvgIpc) is 3.58. The summed E-state index contributed by atoms with van der Waals surface area (Å²) >= 11 is 6.38. The third kappa shape index (κ3) is 4.75. The molecule has 1 aromatic rings. The van der Waals surface area contributed by atoms with Crippen LogP contribution < -0.4 is 5.32 Å². The van der Waals surface area contributed by atoms with Gasteiger partial charge in [0, 0.05) is 12.1 Å². The van der Waals surface area contributed by atoms with Gasteiger partial charge in [-0.15, -0.1) is 0 Å². The minimum Gasteiger partial charge on any atom is -0.481 e. The number of benzene rings is 1. The van der Waals surface area contributed by atoms with E-state index < -0.39 is 18.0 Å². The SMILES string of the molecule is N=C(C1=CCC(C(=O)O)CC1)C1=C(NC(=O)c2c(Cl)cccc2C2CC2)CC(O)CC1. The molecule has 1 amide bonds. The van der Waals surface area contributed by atoms with Crippen LogP contribution in [0.1, 0.15) is 73.2 Å². The van der Waals surface area contributed by atoms with Crippen LogP contribution in [0.15, 0.2) is 41.1 Å². The first-order valence-corrected chi connectivity index (χ1v) is 11.2. The van der Waals surface area contributed by atoms with Gasteiger partial charge in [0.15, 0.2) is 0 Å². The molecule has 0 spiro atoms. The van der Waals surface area contributed by atoms with Gasteiger partial charge in [0.1, 0.15) is 0 Å². The van der Waals surface area contributed by atoms with Gasteiger partial charge in [-0.1, -0.05) is 29.8 Å². The number of carbonyl (C=O) groups is 2. The molecule has 4 rings (SSSR count). The highest BCUT2D eigenvalue weighted by Crippen LogP contribution is 2.43. The summed E-state index contributed by atoms with van der Waals surface area (Å²) in [5.41, 5.74) is 3.87. The molecule has 3 aliphatic rings. The second-order valence-corrected chi connectivity index (χ2v) is 9.11. The van der Waals surface area contributed by atoms with Crippen LogP contribution in [-0.2, 0) is 4.79 Å². The summed E-state index contributed by atoms with van der Waals surface area (Å²) in [5, 5.41) is 31.5. The molecule has 31 heavy (non-hydrogen) atoms. The van der Waals surface area contributed by atoms with Gasteiger partial charge < -0.3 is 20.9 Å². The van der Waals surface area contributed by atoms with Crippen molar-refractivity contribution in [1.82, 2.24) is 5.32 Å². The molecular weight excluding hydrogens is 416 g/mol. The zero-order valence-electron chi connectivity index (χ0n) is 17.3. The minimum atomic E-state index is -0.805. The summed E-state index contributed by atoms with van der Waals surface area (Å²) in [4.78, 5) is 24.4. The molecule has 0 radical (unpaired) electrons. The second kappa shape index (κ2) is 8.97. The topological polar surface area (TPSA) is 110 Å². The molecule has 1 fully saturated rings. The van der Waals surface area contributed by atoms with Gasteiger partial charge in [0.05, 0.1) is 28.3 Å². The summed E-state index contributed by atoms with van der Waals surface area (Å²) in [7, 11) is 0. The summed E-state index contributed by atoms with van der Waals surface area (Å²) in [5.74, 6) is -1.15. The van der Waals surface area contributed by atoms with Crippen molar-refractivity contribution in [3.63, 3.8) is 0 Å². The molecule has 0 saturated heterocycles. The van der Waals surface area contributed by atoms with Gasteiger partial charge in [-0.3, -0.25) is 9.59 Å². The number of hydrogen-bond acceptors (Lipinski definition) is 4. The first-order valence-electron chi connectivity index (χ1n) is 10.9. The Morgan fingerprint density at radius 1 is 1.13 bits per heavy atom. The second-order valence-electron chi connectivity index (χ2n) is 8.70. The molecule has 1 saturated carbocycles. The molecule has 3 aliphatic carbocycles. The monoisotopic (exact) mass is 442 g/mol. The molecule has 7 heteroatoms. The molecule has 1 aromatic carbocycles. The van der Waals surface area contributed by atoms with Crippen molar-refractivity contribution in [3.8, 4) is 0 Å². The molecule has 0 bridgehead atoms. The lowest BCUT2D eigenvalue weighted by atomic mass is 9.82. The van der Waals surface area contributed by atoms with Crippen molar-refractivity contribution in [2.75, 3.05) is 0 Å². The van der Waals surface area contributed by atoms with Crippen LogP contribution in [0.4, 0.5) is 0 Å². The zero-order chi connectivity index (χ0) is 22.1. The lowest BCUT2D eigenvalue weighted by molar-refractivity contribution is -0.141. The van der Waals surface area contributed by atoms with Gasteiger partial charge in [0.2, 0.25) is 0 Å². The lowest BCUT2D eigenvalue weighted by Crippen LogP contribution is -2.32. The Morgan fingerprint density at radius 3 is 2.55 bits per heavy atom. The van der Waals surface area contributed by atoms with E-state index in [0.29, 0.717) is 60.0 Å². The van der Waals surface area contributed by atoms with E-state index in [2.05, 4.69) is 5.32 Å². The number of aliphatic hydroxyl groups excluding tert-OH is 1. The Kier molecular flexibility index (Phi) is 6.30. The maximum Gasteiger partial charge on any atom is 0.306 e. The van der Waals surface area contributed by atoms with Crippen LogP contribution in [0.2, 0.25) is 5.02 Å². The van der Waals surface area contributed by atoms with Crippen LogP contribution in [0.25, 0.3) is 0 Å². The molecule has 2 unspecified atom stereocenters. The highest BCUT2D eigenvalue weighted by Gasteiger charge is 2.31. The number of carboxylic acids is 1. The highest BCUT2D eigenvalue weighted by molar-refractivity contribution is 6.34. The minimum absolute atomic E-state index is 0.275. The summed E-state index contributed by atoms with van der Waals surface area (Å²) < 4.78 is 0. The van der Waals surface area contributed by atoms with Crippen molar-refractivity contribution in [2.24, 2.45) is 5.92 Å². The van der Waals surface area contributed by atoms with E-state index in [-0.39, 0.29) is 12.3 Å². The Balaban J connectivity index is 1.60. The molecule has 4 N–H and O–H groups in total. The van der Waals surface area contributed by atoms with Gasteiger partial charge in [-0.2, -0.15) is 0 Å². The highest BCUT2D eigenvalue weighted by atomic mass is 35.5. The molecule has 0 aliphatic heterocycles. The van der Waals surface area contributed by atoms with E-state index in [1.54, 1.807) is 6.07 Å². The number of rotatable bonds is 6. The summed E-state index contributed by atoms with van der Waals surface area (Å²) in [6.45, 7) is 0. The molecule has 6 nitrogen and oxygen atoms in total. The summed E-state index contributed by atoms with van der Waals surface area (Å²) in [6.07, 6.45) is 6.10. The smallest absolute Gasteiger partial charge is 0.306 e. The van der Waals surface area contributed by atoms with E-state index >= 15 is 0 Å². The van der Waals surface area contributed by atoms with Crippen molar-refractivity contribution < 1.29 is 19.8 Å². The fourth-order valence-electron chi connectivity index (χ4n) is 4.52. The van der Waals surface area contributed by atoms with Crippen LogP contribution in [-0.4, -0.2) is 33.9 Å². The average molecular weight is 443 g/mol. The van der Waals surface area contributed by atoms with Gasteiger partial charge in [0.25, 0.3) is 5.91 Å². The Hall–Kier alpha value is -2.44. The standard InChI is InChI=1S/C24H27ClN2O4/c25-19-3-1-2-17(13-4-5-13)21(19)23(29)27-20-12-16(28)10-11-18(20)22(26)14-6-8-15(9-7-14)24(30)31/h1-3,6,13,15-16,26,28H,4-5,7-12H2,(H,27,29)(H,30,31). The fourth-order valence-corrected chi connectivity index (χ4v) is 4.79. The number of amides is 1. The van der Waals surface area contributed by atoms with Crippen LogP contribution in [0.5, 0.6) is 0 Å². The quantitative estimate of drug-likeness (QED) is 0.483. The Labute approximate surface area is 186 Å². The molecule has 164 valence electrons. The number of hydrogen-bond donors (Lipinski definition) is 4. The maximum atomic E-state index is 13.2. The lowest BCUT2D eigenvalue weighted by Gasteiger charge is -2.27. The first-order chi connectivity index (χ1) is 14.8. The zero-order valence-corrected chi connectivity index (χ0v) is 18.0. The molecule has 2 atom stereocenters. The Bertz CT molecular complexity index is 993. The van der Waals surface area contributed by atoms with Gasteiger partial charge in [-0.05, 0) is 73.6 Å². The number of nitrogens with one attached hydrogen (secondary N) is 2. The predicted molar refractivity (Wildman–Crippen MR) is 119 cm³/mol. The van der Waals surface area contributed by atoms with Crippen molar-refractivity contribution in [3.05, 3.63) is 57.3 Å². The van der Waals surface area contributed by atoms with E-state index in [1.165, 1.54) is 0 Å². The van der Waals surface area contributed by atoms with Crippen molar-refractivity contribution >= 4 is 29.2 Å². The van der Waals surface area contributed by atoms with E-state index in [9.17, 15) is 19.8 Å². The number of halogens is 1. The summed E-state index contributed by atoms with van der Waals surface area (Å²) in [6, 6.07) is 5.51. The third-order valence-corrected chi connectivity index (χ3v) is 6.78. The van der Waals surface area contributed by atoms with E-state index in [4.69, 9.17) is 17.0 Å². The molecule has 0 aromatic heterocycles. The van der Waals surface area contributed by atoms with E-state index in [0.717, 1.165) is 29.6 Å². The van der Waals surface area contributed by atoms with E-state index in [1.807, 2.05) is 18.2 Å². The maximum absolute atomic E-state index is 13.2. The van der Waals surface area contributed by atoms with Gasteiger partial charge in [-0.25, -0.2) is 0 Å². The number of aliphatic carboxylic acids is 1. The van der Waals surface area contributed by atoms with Crippen LogP contribution >= 0.6 is 11.6 Å². The van der Waals surface area contributed by atoms with Crippen LogP contribution in [0, 0.1) is 11.3 Å². The fraction of sp³-hybridized carbons (Fsp3) is 0.458. The van der Waals surface area contributed by atoms with Crippen molar-refractivity contribution in [1.29, 1.82) is 5.41 Å². The van der Waals surface area contributed by atoms with Gasteiger partial charge >= 0.3 is 5.97 Å². The van der Waals surface area contributed by atoms with Crippen LogP contribution in [0.3, 0.4) is 0 Å². The molecular formula is C24H27ClN2O4. The first kappa shape index (κ1) is 21.8. The van der Waals surface area contributed by atoms with Crippen molar-refractivity contribution in [2.45, 2.75) is 63.4 Å². The number of aliphatic hydroxyl groups is 1. The number of carboxylic acid groups (broad SMARTS) is 1. The predicted octanol–water partition coefficient (Wildman–Crippen LogP) is 4.58. The molecule has 0 heterocycles.